The van der Waals surface area contributed by atoms with Gasteiger partial charge in [0.1, 0.15) is 0 Å². The summed E-state index contributed by atoms with van der Waals surface area (Å²) in [5.41, 5.74) is 1.26. The summed E-state index contributed by atoms with van der Waals surface area (Å²) in [5, 5.41) is 0. The molecule has 1 aliphatic carbocycles. The predicted octanol–water partition coefficient (Wildman–Crippen LogP) is 3.18. The van der Waals surface area contributed by atoms with Gasteiger partial charge >= 0.3 is 0 Å². The van der Waals surface area contributed by atoms with Gasteiger partial charge in [-0.15, -0.1) is 0 Å². The van der Waals surface area contributed by atoms with Gasteiger partial charge in [0.2, 0.25) is 11.8 Å². The van der Waals surface area contributed by atoms with Gasteiger partial charge in [0.05, 0.1) is 12.1 Å². The summed E-state index contributed by atoms with van der Waals surface area (Å²) in [7, 11) is 0. The van der Waals surface area contributed by atoms with E-state index in [1.807, 2.05) is 6.07 Å². The fourth-order valence-corrected chi connectivity index (χ4v) is 4.81. The number of rotatable bonds is 2. The number of likely N-dealkylation sites (tertiary alicyclic amines) is 2. The van der Waals surface area contributed by atoms with Crippen LogP contribution < -0.4 is 0 Å². The Morgan fingerprint density at radius 2 is 1.72 bits per heavy atom. The molecule has 25 heavy (non-hydrogen) atoms. The number of hydrogen-bond acceptors (Lipinski definition) is 2. The molecule has 0 unspecified atom stereocenters. The van der Waals surface area contributed by atoms with Gasteiger partial charge in [-0.1, -0.05) is 43.2 Å². The molecule has 1 saturated carbocycles. The molecule has 3 fully saturated rings. The van der Waals surface area contributed by atoms with Gasteiger partial charge in [0.25, 0.3) is 0 Å². The average molecular weight is 340 g/mol. The molecule has 0 N–H and O–H groups in total. The quantitative estimate of drug-likeness (QED) is 0.830. The summed E-state index contributed by atoms with van der Waals surface area (Å²) < 4.78 is 0. The van der Waals surface area contributed by atoms with Gasteiger partial charge in [-0.25, -0.2) is 0 Å². The van der Waals surface area contributed by atoms with E-state index in [0.717, 1.165) is 51.6 Å². The minimum Gasteiger partial charge on any atom is -0.337 e. The van der Waals surface area contributed by atoms with Gasteiger partial charge in [-0.3, -0.25) is 9.59 Å². The number of fused-ring (bicyclic) bond motifs is 1. The van der Waals surface area contributed by atoms with Gasteiger partial charge in [-0.05, 0) is 31.2 Å². The van der Waals surface area contributed by atoms with Crippen LogP contribution in [0, 0.1) is 5.92 Å². The molecule has 0 spiro atoms. The molecular formula is C21H28N2O2. The van der Waals surface area contributed by atoms with Crippen molar-refractivity contribution < 1.29 is 9.59 Å². The Balaban J connectivity index is 1.71. The van der Waals surface area contributed by atoms with Gasteiger partial charge < -0.3 is 9.80 Å². The largest absolute Gasteiger partial charge is 0.337 e. The van der Waals surface area contributed by atoms with Crippen molar-refractivity contribution in [3.63, 3.8) is 0 Å². The van der Waals surface area contributed by atoms with E-state index in [4.69, 9.17) is 0 Å². The molecule has 4 rings (SSSR count). The Hall–Kier alpha value is -1.84. The molecule has 1 aromatic rings. The predicted molar refractivity (Wildman–Crippen MR) is 97.1 cm³/mol. The molecule has 134 valence electrons. The van der Waals surface area contributed by atoms with Gasteiger partial charge in [0, 0.05) is 31.8 Å². The van der Waals surface area contributed by atoms with Crippen LogP contribution in [0.4, 0.5) is 0 Å². The summed E-state index contributed by atoms with van der Waals surface area (Å²) in [6.07, 6.45) is 6.48. The smallest absolute Gasteiger partial charge is 0.226 e. The summed E-state index contributed by atoms with van der Waals surface area (Å²) in [6, 6.07) is 10.8. The third-order valence-corrected chi connectivity index (χ3v) is 6.20. The van der Waals surface area contributed by atoms with E-state index in [0.29, 0.717) is 5.91 Å². The average Bonchev–Trinajstić information content (AvgIpc) is 3.38. The summed E-state index contributed by atoms with van der Waals surface area (Å²) in [6.45, 7) is 3.27. The maximum absolute atomic E-state index is 12.9. The molecule has 2 aliphatic heterocycles. The number of nitrogens with zero attached hydrogens (tertiary/aromatic N) is 2. The molecule has 3 atom stereocenters. The number of carbonyl (C=O) groups is 2. The fraction of sp³-hybridized carbons (Fsp3) is 0.619. The summed E-state index contributed by atoms with van der Waals surface area (Å²) in [5.74, 6) is 0.957. The van der Waals surface area contributed by atoms with Crippen LogP contribution in [-0.2, 0) is 9.59 Å². The second-order valence-electron chi connectivity index (χ2n) is 7.90. The van der Waals surface area contributed by atoms with Crippen LogP contribution in [0.5, 0.6) is 0 Å². The first-order valence-corrected chi connectivity index (χ1v) is 9.79. The lowest BCUT2D eigenvalue weighted by Gasteiger charge is -2.38. The molecule has 0 radical (unpaired) electrons. The van der Waals surface area contributed by atoms with Crippen LogP contribution in [0.15, 0.2) is 30.3 Å². The molecule has 4 heteroatoms. The second-order valence-corrected chi connectivity index (χ2v) is 7.90. The zero-order valence-electron chi connectivity index (χ0n) is 15.1. The third kappa shape index (κ3) is 3.19. The highest BCUT2D eigenvalue weighted by Crippen LogP contribution is 2.42. The minimum absolute atomic E-state index is 0.128. The van der Waals surface area contributed by atoms with Crippen LogP contribution in [0.25, 0.3) is 0 Å². The normalized spacial score (nSPS) is 29.7. The molecule has 2 heterocycles. The molecular weight excluding hydrogens is 312 g/mol. The Morgan fingerprint density at radius 3 is 2.40 bits per heavy atom. The first-order valence-electron chi connectivity index (χ1n) is 9.79. The lowest BCUT2D eigenvalue weighted by Crippen LogP contribution is -2.51. The van der Waals surface area contributed by atoms with E-state index in [9.17, 15) is 9.59 Å². The van der Waals surface area contributed by atoms with Gasteiger partial charge in [0.15, 0.2) is 0 Å². The molecule has 2 saturated heterocycles. The van der Waals surface area contributed by atoms with E-state index >= 15 is 0 Å². The maximum atomic E-state index is 12.9. The summed E-state index contributed by atoms with van der Waals surface area (Å²) in [4.78, 5) is 29.6. The van der Waals surface area contributed by atoms with Gasteiger partial charge in [-0.2, -0.15) is 0 Å². The minimum atomic E-state index is 0.128. The van der Waals surface area contributed by atoms with Crippen molar-refractivity contribution >= 4 is 11.8 Å². The van der Waals surface area contributed by atoms with Crippen LogP contribution in [0.1, 0.15) is 56.9 Å². The lowest BCUT2D eigenvalue weighted by molar-refractivity contribution is -0.137. The van der Waals surface area contributed by atoms with Crippen molar-refractivity contribution in [3.05, 3.63) is 35.9 Å². The van der Waals surface area contributed by atoms with Crippen molar-refractivity contribution in [2.45, 2.75) is 63.5 Å². The van der Waals surface area contributed by atoms with Crippen molar-refractivity contribution in [3.8, 4) is 0 Å². The topological polar surface area (TPSA) is 40.6 Å². The molecule has 1 aromatic carbocycles. The fourth-order valence-electron chi connectivity index (χ4n) is 4.81. The Bertz CT molecular complexity index is 641. The molecule has 0 aromatic heterocycles. The van der Waals surface area contributed by atoms with Crippen LogP contribution in [-0.4, -0.2) is 46.8 Å². The van der Waals surface area contributed by atoms with Crippen molar-refractivity contribution in [1.29, 1.82) is 0 Å². The zero-order valence-corrected chi connectivity index (χ0v) is 15.1. The standard InChI is InChI=1S/C21H28N2O2/c1-15(24)22-13-7-3-6-10-19-20(22)18(16-8-4-2-5-9-16)14-23(19)21(25)17-11-12-17/h2,4-5,8-9,17-20H,3,6-7,10-14H2,1H3/t18-,19+,20-/m0/s1. The highest BCUT2D eigenvalue weighted by atomic mass is 16.2. The zero-order chi connectivity index (χ0) is 17.4. The highest BCUT2D eigenvalue weighted by molar-refractivity contribution is 5.82. The third-order valence-electron chi connectivity index (χ3n) is 6.20. The monoisotopic (exact) mass is 340 g/mol. The van der Waals surface area contributed by atoms with E-state index < -0.39 is 0 Å². The van der Waals surface area contributed by atoms with Crippen molar-refractivity contribution in [1.82, 2.24) is 9.80 Å². The number of amides is 2. The van der Waals surface area contributed by atoms with Crippen molar-refractivity contribution in [2.75, 3.05) is 13.1 Å². The highest BCUT2D eigenvalue weighted by Gasteiger charge is 2.50. The summed E-state index contributed by atoms with van der Waals surface area (Å²) >= 11 is 0. The first kappa shape index (κ1) is 16.6. The number of hydrogen-bond donors (Lipinski definition) is 0. The Kier molecular flexibility index (Phi) is 4.53. The van der Waals surface area contributed by atoms with E-state index in [1.54, 1.807) is 6.92 Å². The second kappa shape index (κ2) is 6.81. The molecule has 2 amide bonds. The first-order chi connectivity index (χ1) is 12.2. The van der Waals surface area contributed by atoms with E-state index in [-0.39, 0.29) is 29.8 Å². The van der Waals surface area contributed by atoms with E-state index in [2.05, 4.69) is 34.1 Å². The van der Waals surface area contributed by atoms with Crippen LogP contribution in [0.3, 0.4) is 0 Å². The molecule has 4 nitrogen and oxygen atoms in total. The van der Waals surface area contributed by atoms with Crippen molar-refractivity contribution in [2.24, 2.45) is 5.92 Å². The maximum Gasteiger partial charge on any atom is 0.226 e. The SMILES string of the molecule is CC(=O)N1CCCCC[C@@H]2[C@@H]1[C@H](c1ccccc1)CN2C(=O)C1CC1. The number of carbonyl (C=O) groups excluding carboxylic acids is 2. The van der Waals surface area contributed by atoms with Crippen LogP contribution >= 0.6 is 0 Å². The lowest BCUT2D eigenvalue weighted by atomic mass is 9.87. The Morgan fingerprint density at radius 1 is 0.960 bits per heavy atom. The Labute approximate surface area is 150 Å². The molecule has 0 bridgehead atoms. The molecule has 3 aliphatic rings. The van der Waals surface area contributed by atoms with E-state index in [1.165, 1.54) is 5.56 Å². The number of benzene rings is 1. The van der Waals surface area contributed by atoms with Crippen LogP contribution in [0.2, 0.25) is 0 Å².